The van der Waals surface area contributed by atoms with Crippen LogP contribution in [0, 0.1) is 0 Å². The van der Waals surface area contributed by atoms with E-state index in [-0.39, 0.29) is 0 Å². The zero-order valence-electron chi connectivity index (χ0n) is 11.1. The molecular formula is C13H18N6. The molecule has 6 nitrogen and oxygen atoms in total. The highest BCUT2D eigenvalue weighted by Gasteiger charge is 2.20. The Morgan fingerprint density at radius 1 is 1.37 bits per heavy atom. The van der Waals surface area contributed by atoms with E-state index in [1.165, 1.54) is 0 Å². The maximum atomic E-state index is 5.58. The summed E-state index contributed by atoms with van der Waals surface area (Å²) in [6.07, 6.45) is 7.81. The van der Waals surface area contributed by atoms with Gasteiger partial charge in [-0.05, 0) is 25.7 Å². The first-order valence-electron chi connectivity index (χ1n) is 6.70. The second kappa shape index (κ2) is 4.97. The third-order valence-electron chi connectivity index (χ3n) is 3.48. The molecule has 0 unspecified atom stereocenters. The lowest BCUT2D eigenvalue weighted by molar-refractivity contribution is 0.681. The van der Waals surface area contributed by atoms with Gasteiger partial charge in [0, 0.05) is 17.8 Å². The van der Waals surface area contributed by atoms with Gasteiger partial charge in [0.2, 0.25) is 0 Å². The van der Waals surface area contributed by atoms with Crippen molar-refractivity contribution >= 4 is 5.82 Å². The van der Waals surface area contributed by atoms with Crippen molar-refractivity contribution in [2.75, 3.05) is 5.43 Å². The van der Waals surface area contributed by atoms with E-state index in [4.69, 9.17) is 5.84 Å². The number of nitrogen functional groups attached to an aromatic ring is 1. The second-order valence-corrected chi connectivity index (χ2v) is 4.79. The molecule has 0 aliphatic heterocycles. The van der Waals surface area contributed by atoms with Crippen LogP contribution in [0.3, 0.4) is 0 Å². The number of nitrogens with two attached hydrogens (primary N) is 1. The first-order chi connectivity index (χ1) is 9.33. The number of anilines is 1. The third kappa shape index (κ3) is 2.08. The molecule has 6 heteroatoms. The van der Waals surface area contributed by atoms with Gasteiger partial charge in [0.05, 0.1) is 12.5 Å². The van der Waals surface area contributed by atoms with E-state index < -0.39 is 0 Å². The van der Waals surface area contributed by atoms with E-state index in [2.05, 4.69) is 31.9 Å². The summed E-state index contributed by atoms with van der Waals surface area (Å²) in [7, 11) is 0. The van der Waals surface area contributed by atoms with Crippen molar-refractivity contribution in [2.45, 2.75) is 39.2 Å². The molecule has 2 heterocycles. The van der Waals surface area contributed by atoms with Crippen LogP contribution in [0.4, 0.5) is 5.82 Å². The molecule has 0 saturated carbocycles. The summed E-state index contributed by atoms with van der Waals surface area (Å²) in [6.45, 7) is 3.06. The molecule has 0 atom stereocenters. The van der Waals surface area contributed by atoms with E-state index in [1.807, 2.05) is 12.5 Å². The lowest BCUT2D eigenvalue weighted by Crippen LogP contribution is -2.13. The normalized spacial score (nSPS) is 13.6. The van der Waals surface area contributed by atoms with Crippen LogP contribution < -0.4 is 11.3 Å². The van der Waals surface area contributed by atoms with Crippen LogP contribution in [-0.4, -0.2) is 19.5 Å². The fraction of sp³-hybridized carbons (Fsp3) is 0.462. The number of fused-ring (bicyclic) bond motifs is 1. The van der Waals surface area contributed by atoms with Crippen molar-refractivity contribution in [3.63, 3.8) is 0 Å². The maximum absolute atomic E-state index is 5.58. The highest BCUT2D eigenvalue weighted by atomic mass is 15.3. The van der Waals surface area contributed by atoms with Gasteiger partial charge in [0.1, 0.15) is 11.5 Å². The quantitative estimate of drug-likeness (QED) is 0.642. The van der Waals surface area contributed by atoms with Crippen LogP contribution >= 0.6 is 0 Å². The van der Waals surface area contributed by atoms with Crippen LogP contribution in [0.15, 0.2) is 12.5 Å². The molecule has 2 aromatic rings. The minimum absolute atomic E-state index is 0.708. The SMILES string of the molecule is CCCn1cncc1-c1nc2c(c(NN)n1)CCC2. The summed E-state index contributed by atoms with van der Waals surface area (Å²) in [5.74, 6) is 7.04. The number of nitrogens with one attached hydrogen (secondary N) is 1. The van der Waals surface area contributed by atoms with Crippen LogP contribution in [0.2, 0.25) is 0 Å². The number of rotatable bonds is 4. The summed E-state index contributed by atoms with van der Waals surface area (Å²) in [5, 5.41) is 0. The Hall–Kier alpha value is -1.95. The molecule has 0 amide bonds. The number of imidazole rings is 1. The Morgan fingerprint density at radius 3 is 3.05 bits per heavy atom. The van der Waals surface area contributed by atoms with Crippen molar-refractivity contribution in [2.24, 2.45) is 5.84 Å². The molecule has 3 N–H and O–H groups in total. The fourth-order valence-electron chi connectivity index (χ4n) is 2.59. The molecule has 0 fully saturated rings. The molecule has 0 bridgehead atoms. The minimum Gasteiger partial charge on any atom is -0.328 e. The summed E-state index contributed by atoms with van der Waals surface area (Å²) < 4.78 is 2.08. The summed E-state index contributed by atoms with van der Waals surface area (Å²) >= 11 is 0. The Labute approximate surface area is 112 Å². The molecule has 1 aliphatic carbocycles. The first kappa shape index (κ1) is 12.1. The summed E-state index contributed by atoms with van der Waals surface area (Å²) in [6, 6.07) is 0. The first-order valence-corrected chi connectivity index (χ1v) is 6.70. The van der Waals surface area contributed by atoms with E-state index in [1.54, 1.807) is 0 Å². The molecule has 100 valence electrons. The van der Waals surface area contributed by atoms with Crippen molar-refractivity contribution in [1.82, 2.24) is 19.5 Å². The van der Waals surface area contributed by atoms with E-state index in [9.17, 15) is 0 Å². The van der Waals surface area contributed by atoms with Crippen LogP contribution in [0.5, 0.6) is 0 Å². The molecule has 0 radical (unpaired) electrons. The predicted octanol–water partition coefficient (Wildman–Crippen LogP) is 1.52. The Kier molecular flexibility index (Phi) is 3.16. The van der Waals surface area contributed by atoms with Crippen molar-refractivity contribution in [3.05, 3.63) is 23.8 Å². The van der Waals surface area contributed by atoms with E-state index in [0.29, 0.717) is 5.82 Å². The predicted molar refractivity (Wildman–Crippen MR) is 73.4 cm³/mol. The van der Waals surface area contributed by atoms with Crippen molar-refractivity contribution in [1.29, 1.82) is 0 Å². The summed E-state index contributed by atoms with van der Waals surface area (Å²) in [4.78, 5) is 13.4. The van der Waals surface area contributed by atoms with Crippen molar-refractivity contribution < 1.29 is 0 Å². The molecule has 19 heavy (non-hydrogen) atoms. The Morgan fingerprint density at radius 2 is 2.26 bits per heavy atom. The number of aromatic nitrogens is 4. The minimum atomic E-state index is 0.708. The van der Waals surface area contributed by atoms with E-state index in [0.717, 1.165) is 55.0 Å². The molecule has 3 rings (SSSR count). The van der Waals surface area contributed by atoms with Gasteiger partial charge < -0.3 is 9.99 Å². The standard InChI is InChI=1S/C13H18N6/c1-2-6-19-8-15-7-11(19)13-16-10-5-3-4-9(10)12(17-13)18-14/h7-8H,2-6,14H2,1H3,(H,16,17,18). The number of hydrogen-bond acceptors (Lipinski definition) is 5. The van der Waals surface area contributed by atoms with Crippen LogP contribution in [0.25, 0.3) is 11.5 Å². The maximum Gasteiger partial charge on any atom is 0.180 e. The van der Waals surface area contributed by atoms with Gasteiger partial charge in [-0.25, -0.2) is 20.8 Å². The summed E-state index contributed by atoms with van der Waals surface area (Å²) in [5.41, 5.74) is 5.93. The molecule has 1 aliphatic rings. The van der Waals surface area contributed by atoms with Gasteiger partial charge in [0.25, 0.3) is 0 Å². The van der Waals surface area contributed by atoms with Gasteiger partial charge in [-0.1, -0.05) is 6.92 Å². The topological polar surface area (TPSA) is 81.7 Å². The molecule has 0 spiro atoms. The Balaban J connectivity index is 2.08. The lowest BCUT2D eigenvalue weighted by Gasteiger charge is -2.10. The average molecular weight is 258 g/mol. The van der Waals surface area contributed by atoms with Crippen LogP contribution in [-0.2, 0) is 19.4 Å². The van der Waals surface area contributed by atoms with Crippen molar-refractivity contribution in [3.8, 4) is 11.5 Å². The van der Waals surface area contributed by atoms with Gasteiger partial charge in [-0.3, -0.25) is 0 Å². The largest absolute Gasteiger partial charge is 0.328 e. The van der Waals surface area contributed by atoms with Gasteiger partial charge >= 0.3 is 0 Å². The monoisotopic (exact) mass is 258 g/mol. The van der Waals surface area contributed by atoms with Gasteiger partial charge in [-0.2, -0.15) is 0 Å². The fourth-order valence-corrected chi connectivity index (χ4v) is 2.59. The molecule has 2 aromatic heterocycles. The highest BCUT2D eigenvalue weighted by molar-refractivity contribution is 5.57. The molecular weight excluding hydrogens is 240 g/mol. The molecule has 0 aromatic carbocycles. The molecule has 0 saturated heterocycles. The van der Waals surface area contributed by atoms with Gasteiger partial charge in [-0.15, -0.1) is 0 Å². The van der Waals surface area contributed by atoms with Gasteiger partial charge in [0.15, 0.2) is 5.82 Å². The third-order valence-corrected chi connectivity index (χ3v) is 3.48. The number of aryl methyl sites for hydroxylation is 2. The highest BCUT2D eigenvalue weighted by Crippen LogP contribution is 2.28. The smallest absolute Gasteiger partial charge is 0.180 e. The zero-order chi connectivity index (χ0) is 13.2. The second-order valence-electron chi connectivity index (χ2n) is 4.79. The number of nitrogens with zero attached hydrogens (tertiary/aromatic N) is 4. The number of hydrazine groups is 1. The van der Waals surface area contributed by atoms with E-state index >= 15 is 0 Å². The zero-order valence-corrected chi connectivity index (χ0v) is 11.1. The Bertz CT molecular complexity index is 589. The number of hydrogen-bond donors (Lipinski definition) is 2. The average Bonchev–Trinajstić information content (AvgIpc) is 3.06. The van der Waals surface area contributed by atoms with Crippen LogP contribution in [0.1, 0.15) is 31.0 Å². The lowest BCUT2D eigenvalue weighted by atomic mass is 10.2.